The molecule has 8 nitrogen and oxygen atoms in total. The fourth-order valence-electron chi connectivity index (χ4n) is 4.21. The van der Waals surface area contributed by atoms with Gasteiger partial charge in [0.25, 0.3) is 0 Å². The van der Waals surface area contributed by atoms with E-state index < -0.39 is 11.2 Å². The first-order chi connectivity index (χ1) is 17.7. The molecule has 0 spiro atoms. The van der Waals surface area contributed by atoms with Crippen molar-refractivity contribution in [2.24, 2.45) is 4.99 Å². The molecule has 0 amide bonds. The Balaban J connectivity index is 1.30. The summed E-state index contributed by atoms with van der Waals surface area (Å²) in [5, 5.41) is 3.44. The lowest BCUT2D eigenvalue weighted by Crippen LogP contribution is -2.43. The van der Waals surface area contributed by atoms with E-state index in [9.17, 15) is 4.55 Å². The highest BCUT2D eigenvalue weighted by Gasteiger charge is 2.27. The van der Waals surface area contributed by atoms with Crippen LogP contribution in [0.3, 0.4) is 0 Å². The second-order valence-corrected chi connectivity index (χ2v) is 12.5. The van der Waals surface area contributed by atoms with E-state index in [1.54, 1.807) is 13.3 Å². The Labute approximate surface area is 223 Å². The van der Waals surface area contributed by atoms with Crippen LogP contribution < -0.4 is 9.46 Å². The fraction of sp³-hybridized carbons (Fsp3) is 0.440. The van der Waals surface area contributed by atoms with Crippen molar-refractivity contribution in [2.75, 3.05) is 62.7 Å². The number of aromatic amines is 1. The molecule has 3 aromatic rings. The van der Waals surface area contributed by atoms with Crippen LogP contribution in [0.15, 0.2) is 52.6 Å². The number of thioether (sulfide) groups is 1. The van der Waals surface area contributed by atoms with Gasteiger partial charge in [-0.2, -0.15) is 0 Å². The molecule has 1 unspecified atom stereocenters. The molecule has 1 fully saturated rings. The predicted octanol–water partition coefficient (Wildman–Crippen LogP) is 4.02. The number of pyridine rings is 1. The molecule has 192 valence electrons. The third-order valence-corrected chi connectivity index (χ3v) is 9.30. The number of ether oxygens (including phenoxy) is 2. The van der Waals surface area contributed by atoms with Gasteiger partial charge in [0.05, 0.1) is 30.0 Å². The molecule has 2 N–H and O–H groups in total. The highest BCUT2D eigenvalue weighted by Crippen LogP contribution is 2.35. The van der Waals surface area contributed by atoms with Gasteiger partial charge in [0.1, 0.15) is 27.3 Å². The summed E-state index contributed by atoms with van der Waals surface area (Å²) < 4.78 is 26.3. The molecule has 2 aliphatic rings. The number of hydrogen-bond donors (Lipinski definition) is 2. The molecule has 1 atom stereocenters. The van der Waals surface area contributed by atoms with Crippen molar-refractivity contribution in [1.29, 1.82) is 0 Å². The quantitative estimate of drug-likeness (QED) is 0.212. The van der Waals surface area contributed by atoms with Crippen LogP contribution in [0, 0.1) is 0 Å². The molecule has 5 rings (SSSR count). The molecule has 0 aliphatic carbocycles. The van der Waals surface area contributed by atoms with Gasteiger partial charge >= 0.3 is 0 Å². The third kappa shape index (κ3) is 6.70. The maximum Gasteiger partial charge on any atom is 0.122 e. The fourth-order valence-corrected chi connectivity index (χ4v) is 7.11. The number of benzene rings is 1. The van der Waals surface area contributed by atoms with Crippen LogP contribution in [0.4, 0.5) is 5.69 Å². The second kappa shape index (κ2) is 12.6. The molecule has 11 heteroatoms. The van der Waals surface area contributed by atoms with Gasteiger partial charge in [0, 0.05) is 74.6 Å². The summed E-state index contributed by atoms with van der Waals surface area (Å²) in [6, 6.07) is 12.1. The average Bonchev–Trinajstić information content (AvgIpc) is 3.54. The number of H-pyrrole nitrogens is 1. The van der Waals surface area contributed by atoms with Gasteiger partial charge in [-0.15, -0.1) is 0 Å². The Bertz CT molecular complexity index is 1170. The zero-order valence-corrected chi connectivity index (χ0v) is 22.7. The summed E-state index contributed by atoms with van der Waals surface area (Å²) in [6.45, 7) is 4.90. The average molecular weight is 546 g/mol. The molecule has 1 aromatic carbocycles. The normalized spacial score (nSPS) is 19.1. The van der Waals surface area contributed by atoms with Crippen LogP contribution in [-0.2, 0) is 15.9 Å². The van der Waals surface area contributed by atoms with E-state index in [0.717, 1.165) is 82.2 Å². The summed E-state index contributed by atoms with van der Waals surface area (Å²) in [7, 11) is 1.70. The molecule has 1 saturated heterocycles. The number of fused-ring (bicyclic) bond motifs is 1. The van der Waals surface area contributed by atoms with Crippen LogP contribution in [0.5, 0.6) is 5.75 Å². The van der Waals surface area contributed by atoms with Gasteiger partial charge in [0.15, 0.2) is 0 Å². The van der Waals surface area contributed by atoms with Gasteiger partial charge in [-0.25, -0.2) is 4.98 Å². The second-order valence-electron chi connectivity index (χ2n) is 8.72. The number of aromatic nitrogens is 2. The van der Waals surface area contributed by atoms with E-state index in [0.29, 0.717) is 18.5 Å². The number of rotatable bonds is 11. The van der Waals surface area contributed by atoms with E-state index in [2.05, 4.69) is 31.7 Å². The molecule has 2 aliphatic heterocycles. The lowest BCUT2D eigenvalue weighted by atomic mass is 10.2. The summed E-state index contributed by atoms with van der Waals surface area (Å²) in [5.41, 5.74) is 2.99. The van der Waals surface area contributed by atoms with Crippen LogP contribution in [0.25, 0.3) is 10.9 Å². The minimum Gasteiger partial charge on any atom is -0.616 e. The number of anilines is 1. The molecule has 36 heavy (non-hydrogen) atoms. The lowest BCUT2D eigenvalue weighted by Gasteiger charge is -2.29. The van der Waals surface area contributed by atoms with Crippen molar-refractivity contribution in [1.82, 2.24) is 14.9 Å². The van der Waals surface area contributed by atoms with Crippen LogP contribution >= 0.6 is 23.7 Å². The largest absolute Gasteiger partial charge is 0.616 e. The molecule has 2 aromatic heterocycles. The highest BCUT2D eigenvalue weighted by molar-refractivity contribution is 8.15. The van der Waals surface area contributed by atoms with E-state index >= 15 is 0 Å². The molecule has 4 heterocycles. The van der Waals surface area contributed by atoms with E-state index in [1.807, 2.05) is 36.0 Å². The Morgan fingerprint density at radius 2 is 2.14 bits per heavy atom. The SMILES string of the molecule is COCCCOc1cc(NSc2ccccn2)c2[nH]c(C3=NCC(CN4CC[S+]([O-])CC4)S3)cc2c1. The Morgan fingerprint density at radius 3 is 2.94 bits per heavy atom. The lowest BCUT2D eigenvalue weighted by molar-refractivity contribution is 0.172. The number of nitrogens with one attached hydrogen (secondary N) is 2. The molecule has 0 radical (unpaired) electrons. The van der Waals surface area contributed by atoms with Gasteiger partial charge < -0.3 is 23.7 Å². The number of nitrogens with zero attached hydrogens (tertiary/aromatic N) is 3. The highest BCUT2D eigenvalue weighted by atomic mass is 32.2. The monoisotopic (exact) mass is 545 g/mol. The van der Waals surface area contributed by atoms with Crippen molar-refractivity contribution in [3.63, 3.8) is 0 Å². The number of aliphatic imine (C=N–C) groups is 1. The van der Waals surface area contributed by atoms with E-state index in [1.165, 1.54) is 11.9 Å². The van der Waals surface area contributed by atoms with Gasteiger partial charge in [0.2, 0.25) is 0 Å². The third-order valence-electron chi connectivity index (χ3n) is 6.05. The standard InChI is InChI=1S/C25H31N5O3S3/c1-32-9-4-10-33-19-13-18-14-22(25-27-16-20(34-25)17-30-7-11-36(31)12-8-30)28-24(18)21(15-19)29-35-23-5-2-3-6-26-23/h2-3,5-6,13-15,20,28-29H,4,7-12,16-17H2,1H3. The molecular weight excluding hydrogens is 515 g/mol. The Morgan fingerprint density at radius 1 is 1.25 bits per heavy atom. The van der Waals surface area contributed by atoms with E-state index in [-0.39, 0.29) is 0 Å². The van der Waals surface area contributed by atoms with Crippen molar-refractivity contribution < 1.29 is 14.0 Å². The maximum absolute atomic E-state index is 11.7. The molecule has 0 saturated carbocycles. The minimum absolute atomic E-state index is 0.426. The predicted molar refractivity (Wildman–Crippen MR) is 151 cm³/mol. The maximum atomic E-state index is 11.7. The van der Waals surface area contributed by atoms with Crippen molar-refractivity contribution in [3.05, 3.63) is 48.3 Å². The first kappa shape index (κ1) is 25.7. The molecular formula is C25H31N5O3S3. The number of hydrogen-bond acceptors (Lipinski definition) is 9. The Kier molecular flexibility index (Phi) is 8.99. The first-order valence-electron chi connectivity index (χ1n) is 12.1. The summed E-state index contributed by atoms with van der Waals surface area (Å²) in [6.07, 6.45) is 2.62. The number of methoxy groups -OCH3 is 1. The zero-order chi connectivity index (χ0) is 24.7. The van der Waals surface area contributed by atoms with Crippen molar-refractivity contribution in [2.45, 2.75) is 16.7 Å². The van der Waals surface area contributed by atoms with Crippen molar-refractivity contribution >= 4 is 56.5 Å². The Hall–Kier alpha value is -1.89. The molecule has 0 bridgehead atoms. The topological polar surface area (TPSA) is 97.8 Å². The van der Waals surface area contributed by atoms with E-state index in [4.69, 9.17) is 14.5 Å². The van der Waals surface area contributed by atoms with Crippen molar-refractivity contribution in [3.8, 4) is 5.75 Å². The van der Waals surface area contributed by atoms with Gasteiger partial charge in [-0.1, -0.05) is 29.0 Å². The van der Waals surface area contributed by atoms with Crippen LogP contribution in [-0.4, -0.2) is 87.7 Å². The van der Waals surface area contributed by atoms with Gasteiger partial charge in [-0.05, 0) is 24.3 Å². The van der Waals surface area contributed by atoms with Crippen LogP contribution in [0.2, 0.25) is 0 Å². The van der Waals surface area contributed by atoms with Crippen LogP contribution in [0.1, 0.15) is 12.1 Å². The summed E-state index contributed by atoms with van der Waals surface area (Å²) >= 11 is 2.66. The van der Waals surface area contributed by atoms with Gasteiger partial charge in [-0.3, -0.25) is 9.89 Å². The summed E-state index contributed by atoms with van der Waals surface area (Å²) in [4.78, 5) is 15.3. The summed E-state index contributed by atoms with van der Waals surface area (Å²) in [5.74, 6) is 2.39. The smallest absolute Gasteiger partial charge is 0.122 e. The first-order valence-corrected chi connectivity index (χ1v) is 15.3. The minimum atomic E-state index is -0.642. The zero-order valence-electron chi connectivity index (χ0n) is 20.3.